The molecular formula is C15H22N2O. The minimum atomic E-state index is 0.0972. The Bertz CT molecular complexity index is 430. The maximum Gasteiger partial charge on any atom is 0.146 e. The summed E-state index contributed by atoms with van der Waals surface area (Å²) in [7, 11) is 2.03. The summed E-state index contributed by atoms with van der Waals surface area (Å²) in [5, 5.41) is 3.55. The highest BCUT2D eigenvalue weighted by Crippen LogP contribution is 2.17. The van der Waals surface area contributed by atoms with E-state index in [0.717, 1.165) is 19.5 Å². The van der Waals surface area contributed by atoms with Gasteiger partial charge in [0, 0.05) is 19.1 Å². The first-order valence-corrected chi connectivity index (χ1v) is 6.56. The summed E-state index contributed by atoms with van der Waals surface area (Å²) in [6, 6.07) is 9.06. The van der Waals surface area contributed by atoms with Gasteiger partial charge in [-0.2, -0.15) is 0 Å². The number of carbonyl (C=O) groups excluding carboxylic acids is 1. The van der Waals surface area contributed by atoms with Gasteiger partial charge in [0.15, 0.2) is 0 Å². The van der Waals surface area contributed by atoms with Crippen molar-refractivity contribution >= 4 is 5.78 Å². The predicted molar refractivity (Wildman–Crippen MR) is 73.5 cm³/mol. The van der Waals surface area contributed by atoms with Crippen LogP contribution in [0.15, 0.2) is 24.3 Å². The van der Waals surface area contributed by atoms with Gasteiger partial charge in [0.1, 0.15) is 5.78 Å². The number of nitrogens with one attached hydrogen (secondary N) is 1. The molecule has 2 unspecified atom stereocenters. The number of ketones is 1. The fourth-order valence-electron chi connectivity index (χ4n) is 2.71. The molecule has 1 N–H and O–H groups in total. The summed E-state index contributed by atoms with van der Waals surface area (Å²) < 4.78 is 0. The molecule has 1 saturated heterocycles. The Morgan fingerprint density at radius 1 is 1.50 bits per heavy atom. The molecule has 2 atom stereocenters. The summed E-state index contributed by atoms with van der Waals surface area (Å²) >= 11 is 0. The second-order valence-electron chi connectivity index (χ2n) is 5.37. The van der Waals surface area contributed by atoms with Crippen LogP contribution in [0.25, 0.3) is 0 Å². The van der Waals surface area contributed by atoms with Gasteiger partial charge in [-0.05, 0) is 32.9 Å². The Kier molecular flexibility index (Phi) is 4.15. The van der Waals surface area contributed by atoms with E-state index < -0.39 is 0 Å². The molecule has 3 heteroatoms. The monoisotopic (exact) mass is 246 g/mol. The SMILES string of the molecule is CC(=O)C1CC(NCc2cccc(C)c2)CN1C. The Balaban J connectivity index is 1.87. The van der Waals surface area contributed by atoms with Crippen molar-refractivity contribution in [2.24, 2.45) is 0 Å². The van der Waals surface area contributed by atoms with Crippen LogP contribution >= 0.6 is 0 Å². The van der Waals surface area contributed by atoms with Crippen LogP contribution in [-0.2, 0) is 11.3 Å². The Hall–Kier alpha value is -1.19. The first-order chi connectivity index (χ1) is 8.56. The lowest BCUT2D eigenvalue weighted by Gasteiger charge is -2.14. The van der Waals surface area contributed by atoms with Gasteiger partial charge in [0.05, 0.1) is 6.04 Å². The number of nitrogens with zero attached hydrogens (tertiary/aromatic N) is 1. The summed E-state index contributed by atoms with van der Waals surface area (Å²) in [5.41, 5.74) is 2.60. The molecule has 18 heavy (non-hydrogen) atoms. The molecular weight excluding hydrogens is 224 g/mol. The van der Waals surface area contributed by atoms with Crippen molar-refractivity contribution < 1.29 is 4.79 Å². The van der Waals surface area contributed by atoms with Gasteiger partial charge in [0.2, 0.25) is 0 Å². The zero-order chi connectivity index (χ0) is 13.1. The molecule has 0 amide bonds. The van der Waals surface area contributed by atoms with E-state index in [2.05, 4.69) is 41.4 Å². The van der Waals surface area contributed by atoms with Gasteiger partial charge in [0.25, 0.3) is 0 Å². The van der Waals surface area contributed by atoms with Gasteiger partial charge in [-0.25, -0.2) is 0 Å². The molecule has 1 heterocycles. The summed E-state index contributed by atoms with van der Waals surface area (Å²) in [5.74, 6) is 0.275. The molecule has 1 aliphatic heterocycles. The number of hydrogen-bond acceptors (Lipinski definition) is 3. The van der Waals surface area contributed by atoms with Crippen molar-refractivity contribution in [2.45, 2.75) is 38.9 Å². The molecule has 1 aromatic rings. The van der Waals surface area contributed by atoms with Crippen LogP contribution in [0.3, 0.4) is 0 Å². The lowest BCUT2D eigenvalue weighted by atomic mass is 10.1. The number of likely N-dealkylation sites (N-methyl/N-ethyl adjacent to an activating group) is 1. The quantitative estimate of drug-likeness (QED) is 0.878. The second kappa shape index (κ2) is 5.63. The van der Waals surface area contributed by atoms with Gasteiger partial charge in [-0.3, -0.25) is 9.69 Å². The zero-order valence-corrected chi connectivity index (χ0v) is 11.4. The number of likely N-dealkylation sites (tertiary alicyclic amines) is 1. The third-order valence-electron chi connectivity index (χ3n) is 3.69. The summed E-state index contributed by atoms with van der Waals surface area (Å²) in [6.07, 6.45) is 0.928. The van der Waals surface area contributed by atoms with Gasteiger partial charge in [-0.1, -0.05) is 29.8 Å². The fourth-order valence-corrected chi connectivity index (χ4v) is 2.71. The molecule has 0 bridgehead atoms. The maximum absolute atomic E-state index is 11.5. The fraction of sp³-hybridized carbons (Fsp3) is 0.533. The highest BCUT2D eigenvalue weighted by Gasteiger charge is 2.31. The van der Waals surface area contributed by atoms with Crippen molar-refractivity contribution in [2.75, 3.05) is 13.6 Å². The smallest absolute Gasteiger partial charge is 0.146 e. The highest BCUT2D eigenvalue weighted by atomic mass is 16.1. The molecule has 0 aromatic heterocycles. The summed E-state index contributed by atoms with van der Waals surface area (Å²) in [4.78, 5) is 13.6. The van der Waals surface area contributed by atoms with E-state index in [1.54, 1.807) is 6.92 Å². The van der Waals surface area contributed by atoms with Crippen LogP contribution in [-0.4, -0.2) is 36.4 Å². The predicted octanol–water partition coefficient (Wildman–Crippen LogP) is 1.75. The van der Waals surface area contributed by atoms with E-state index in [9.17, 15) is 4.79 Å². The largest absolute Gasteiger partial charge is 0.309 e. The van der Waals surface area contributed by atoms with Gasteiger partial charge >= 0.3 is 0 Å². The average Bonchev–Trinajstić information content (AvgIpc) is 2.68. The van der Waals surface area contributed by atoms with Crippen LogP contribution < -0.4 is 5.32 Å². The molecule has 1 aliphatic rings. The number of aryl methyl sites for hydroxylation is 1. The van der Waals surface area contributed by atoms with E-state index in [1.807, 2.05) is 7.05 Å². The maximum atomic E-state index is 11.5. The summed E-state index contributed by atoms with van der Waals surface area (Å²) in [6.45, 7) is 5.63. The standard InChI is InChI=1S/C15H22N2O/c1-11-5-4-6-13(7-11)9-16-14-8-15(12(2)18)17(3)10-14/h4-7,14-16H,8-10H2,1-3H3. The van der Waals surface area contributed by atoms with E-state index in [-0.39, 0.29) is 11.8 Å². The zero-order valence-electron chi connectivity index (χ0n) is 11.4. The van der Waals surface area contributed by atoms with Crippen LogP contribution in [0.5, 0.6) is 0 Å². The third kappa shape index (κ3) is 3.18. The first kappa shape index (κ1) is 13.2. The topological polar surface area (TPSA) is 32.3 Å². The number of Topliss-reactive ketones (excluding diaryl/α,β-unsaturated/α-hetero) is 1. The third-order valence-corrected chi connectivity index (χ3v) is 3.69. The number of carbonyl (C=O) groups is 1. The molecule has 0 spiro atoms. The first-order valence-electron chi connectivity index (χ1n) is 6.56. The van der Waals surface area contributed by atoms with Gasteiger partial charge < -0.3 is 5.32 Å². The molecule has 0 aliphatic carbocycles. The van der Waals surface area contributed by atoms with Crippen molar-refractivity contribution in [3.05, 3.63) is 35.4 Å². The van der Waals surface area contributed by atoms with Crippen molar-refractivity contribution in [3.8, 4) is 0 Å². The second-order valence-corrected chi connectivity index (χ2v) is 5.37. The lowest BCUT2D eigenvalue weighted by Crippen LogP contribution is -2.32. The van der Waals surface area contributed by atoms with Gasteiger partial charge in [-0.15, -0.1) is 0 Å². The molecule has 98 valence electrons. The molecule has 2 rings (SSSR count). The minimum absolute atomic E-state index is 0.0972. The lowest BCUT2D eigenvalue weighted by molar-refractivity contribution is -0.120. The average molecular weight is 246 g/mol. The Morgan fingerprint density at radius 3 is 2.89 bits per heavy atom. The van der Waals surface area contributed by atoms with E-state index in [0.29, 0.717) is 6.04 Å². The van der Waals surface area contributed by atoms with Crippen LogP contribution in [0.2, 0.25) is 0 Å². The molecule has 0 radical (unpaired) electrons. The molecule has 3 nitrogen and oxygen atoms in total. The number of benzene rings is 1. The normalized spacial score (nSPS) is 24.4. The Morgan fingerprint density at radius 2 is 2.28 bits per heavy atom. The Labute approximate surface area is 109 Å². The molecule has 1 fully saturated rings. The van der Waals surface area contributed by atoms with Crippen molar-refractivity contribution in [1.82, 2.24) is 10.2 Å². The molecule has 1 aromatic carbocycles. The van der Waals surface area contributed by atoms with E-state index >= 15 is 0 Å². The van der Waals surface area contributed by atoms with Crippen molar-refractivity contribution in [1.29, 1.82) is 0 Å². The minimum Gasteiger partial charge on any atom is -0.309 e. The highest BCUT2D eigenvalue weighted by molar-refractivity contribution is 5.81. The number of hydrogen-bond donors (Lipinski definition) is 1. The van der Waals surface area contributed by atoms with Crippen molar-refractivity contribution in [3.63, 3.8) is 0 Å². The molecule has 0 saturated carbocycles. The van der Waals surface area contributed by atoms with Crippen LogP contribution in [0.1, 0.15) is 24.5 Å². The van der Waals surface area contributed by atoms with Crippen LogP contribution in [0.4, 0.5) is 0 Å². The number of rotatable bonds is 4. The van der Waals surface area contributed by atoms with E-state index in [4.69, 9.17) is 0 Å². The van der Waals surface area contributed by atoms with Crippen LogP contribution in [0, 0.1) is 6.92 Å². The van der Waals surface area contributed by atoms with E-state index in [1.165, 1.54) is 11.1 Å².